The van der Waals surface area contributed by atoms with E-state index in [-0.39, 0.29) is 17.8 Å². The number of carbonyl (C=O) groups is 2. The zero-order valence-electron chi connectivity index (χ0n) is 15.3. The zero-order chi connectivity index (χ0) is 20.1. The van der Waals surface area contributed by atoms with Crippen LogP contribution in [0, 0.1) is 0 Å². The number of anilines is 1. The summed E-state index contributed by atoms with van der Waals surface area (Å²) in [7, 11) is 3.23. The quantitative estimate of drug-likeness (QED) is 0.685. The van der Waals surface area contributed by atoms with Gasteiger partial charge in [-0.3, -0.25) is 4.79 Å². The van der Waals surface area contributed by atoms with Crippen molar-refractivity contribution in [3.8, 4) is 5.69 Å². The number of rotatable bonds is 5. The summed E-state index contributed by atoms with van der Waals surface area (Å²) in [4.78, 5) is 26.5. The number of hydrogen-bond donors (Lipinski definition) is 2. The van der Waals surface area contributed by atoms with E-state index < -0.39 is 0 Å². The lowest BCUT2D eigenvalue weighted by molar-refractivity contribution is 0.0815. The van der Waals surface area contributed by atoms with Crippen LogP contribution in [0.2, 0.25) is 5.02 Å². The molecule has 0 atom stereocenters. The van der Waals surface area contributed by atoms with Gasteiger partial charge in [-0.25, -0.2) is 4.79 Å². The van der Waals surface area contributed by atoms with E-state index in [1.165, 1.54) is 9.70 Å². The van der Waals surface area contributed by atoms with E-state index in [1.54, 1.807) is 50.5 Å². The molecule has 0 aliphatic heterocycles. The summed E-state index contributed by atoms with van der Waals surface area (Å²) in [5.41, 5.74) is 2.15. The molecule has 0 fully saturated rings. The number of tetrazole rings is 1. The second-order valence-corrected chi connectivity index (χ2v) is 6.52. The molecule has 1 aromatic heterocycles. The molecule has 0 aliphatic carbocycles. The van der Waals surface area contributed by atoms with E-state index >= 15 is 0 Å². The molecule has 9 nitrogen and oxygen atoms in total. The molecule has 2 aromatic carbocycles. The van der Waals surface area contributed by atoms with E-state index in [0.29, 0.717) is 22.9 Å². The van der Waals surface area contributed by atoms with Crippen molar-refractivity contribution >= 4 is 29.2 Å². The summed E-state index contributed by atoms with van der Waals surface area (Å²) >= 11 is 5.84. The minimum atomic E-state index is -0.333. The van der Waals surface area contributed by atoms with Gasteiger partial charge in [0.05, 0.1) is 5.69 Å². The van der Waals surface area contributed by atoms with Crippen molar-refractivity contribution in [2.45, 2.75) is 6.54 Å². The number of amides is 3. The fourth-order valence-electron chi connectivity index (χ4n) is 2.25. The van der Waals surface area contributed by atoms with Gasteiger partial charge in [-0.15, -0.1) is 15.0 Å². The molecule has 1 heterocycles. The lowest BCUT2D eigenvalue weighted by Crippen LogP contribution is -2.28. The third-order valence-corrected chi connectivity index (χ3v) is 3.99. The highest BCUT2D eigenvalue weighted by Gasteiger charge is 2.15. The molecular formula is C18H18ClN7O2. The molecule has 0 radical (unpaired) electrons. The molecule has 0 bridgehead atoms. The molecular weight excluding hydrogens is 382 g/mol. The summed E-state index contributed by atoms with van der Waals surface area (Å²) in [6, 6.07) is 13.7. The zero-order valence-corrected chi connectivity index (χ0v) is 16.0. The fourth-order valence-corrected chi connectivity index (χ4v) is 2.37. The van der Waals surface area contributed by atoms with E-state index in [1.807, 2.05) is 12.1 Å². The van der Waals surface area contributed by atoms with Gasteiger partial charge in [0.25, 0.3) is 11.7 Å². The van der Waals surface area contributed by atoms with Gasteiger partial charge in [0.15, 0.2) is 0 Å². The normalized spacial score (nSPS) is 10.4. The first-order valence-corrected chi connectivity index (χ1v) is 8.71. The van der Waals surface area contributed by atoms with Crippen LogP contribution in [0.3, 0.4) is 0 Å². The molecule has 0 aliphatic rings. The van der Waals surface area contributed by atoms with Gasteiger partial charge in [-0.1, -0.05) is 23.7 Å². The number of carbonyl (C=O) groups excluding carboxylic acids is 2. The Kier molecular flexibility index (Phi) is 5.85. The Morgan fingerprint density at radius 3 is 2.39 bits per heavy atom. The van der Waals surface area contributed by atoms with Crippen molar-refractivity contribution in [1.29, 1.82) is 0 Å². The summed E-state index contributed by atoms with van der Waals surface area (Å²) in [5, 5.41) is 17.8. The fraction of sp³-hybridized carbons (Fsp3) is 0.167. The largest absolute Gasteiger partial charge is 0.342 e. The van der Waals surface area contributed by atoms with Gasteiger partial charge in [0.2, 0.25) is 0 Å². The Bertz CT molecular complexity index is 968. The molecule has 10 heteroatoms. The minimum Gasteiger partial charge on any atom is -0.342 e. The second-order valence-electron chi connectivity index (χ2n) is 6.08. The average molecular weight is 400 g/mol. The summed E-state index contributed by atoms with van der Waals surface area (Å²) in [6.07, 6.45) is 0. The van der Waals surface area contributed by atoms with Crippen LogP contribution >= 0.6 is 11.6 Å². The van der Waals surface area contributed by atoms with Crippen LogP contribution in [0.15, 0.2) is 48.5 Å². The molecule has 0 saturated carbocycles. The van der Waals surface area contributed by atoms with E-state index in [0.717, 1.165) is 5.56 Å². The third-order valence-electron chi connectivity index (χ3n) is 3.73. The van der Waals surface area contributed by atoms with E-state index in [2.05, 4.69) is 26.0 Å². The maximum absolute atomic E-state index is 12.0. The topological polar surface area (TPSA) is 105 Å². The number of aromatic nitrogens is 4. The Morgan fingerprint density at radius 2 is 1.75 bits per heavy atom. The first-order chi connectivity index (χ1) is 13.4. The third kappa shape index (κ3) is 4.83. The van der Waals surface area contributed by atoms with Crippen molar-refractivity contribution in [1.82, 2.24) is 30.4 Å². The van der Waals surface area contributed by atoms with Crippen LogP contribution in [0.5, 0.6) is 0 Å². The minimum absolute atomic E-state index is 0.00813. The molecule has 0 unspecified atom stereocenters. The van der Waals surface area contributed by atoms with Crippen molar-refractivity contribution in [3.63, 3.8) is 0 Å². The maximum atomic E-state index is 12.0. The first kappa shape index (κ1) is 19.3. The lowest BCUT2D eigenvalue weighted by atomic mass is 10.2. The lowest BCUT2D eigenvalue weighted by Gasteiger charge is -2.08. The molecule has 28 heavy (non-hydrogen) atoms. The maximum Gasteiger partial charge on any atom is 0.319 e. The van der Waals surface area contributed by atoms with Gasteiger partial charge >= 0.3 is 6.03 Å². The molecule has 2 N–H and O–H groups in total. The monoisotopic (exact) mass is 399 g/mol. The molecule has 3 amide bonds. The van der Waals surface area contributed by atoms with E-state index in [9.17, 15) is 9.59 Å². The summed E-state index contributed by atoms with van der Waals surface area (Å²) < 4.78 is 0. The molecule has 144 valence electrons. The Balaban J connectivity index is 1.57. The molecule has 3 rings (SSSR count). The van der Waals surface area contributed by atoms with Gasteiger partial charge in [-0.05, 0) is 47.2 Å². The van der Waals surface area contributed by atoms with Crippen molar-refractivity contribution in [2.75, 3.05) is 19.4 Å². The molecule has 0 saturated heterocycles. The summed E-state index contributed by atoms with van der Waals surface area (Å²) in [6.45, 7) is 0.382. The average Bonchev–Trinajstić information content (AvgIpc) is 3.17. The predicted molar refractivity (Wildman–Crippen MR) is 104 cm³/mol. The van der Waals surface area contributed by atoms with Crippen LogP contribution in [0.4, 0.5) is 10.5 Å². The SMILES string of the molecule is CN(C)C(=O)c1nnn(-c2ccc(NC(=O)NCc3ccc(Cl)cc3)cc2)n1. The Hall–Kier alpha value is -3.46. The van der Waals surface area contributed by atoms with E-state index in [4.69, 9.17) is 11.6 Å². The number of nitrogens with one attached hydrogen (secondary N) is 2. The van der Waals surface area contributed by atoms with Crippen LogP contribution < -0.4 is 10.6 Å². The molecule has 3 aromatic rings. The van der Waals surface area contributed by atoms with Crippen LogP contribution in [-0.4, -0.2) is 51.1 Å². The van der Waals surface area contributed by atoms with Crippen molar-refractivity contribution in [2.24, 2.45) is 0 Å². The van der Waals surface area contributed by atoms with Crippen molar-refractivity contribution in [3.05, 3.63) is 64.9 Å². The van der Waals surface area contributed by atoms with Crippen molar-refractivity contribution < 1.29 is 9.59 Å². The number of halogens is 1. The van der Waals surface area contributed by atoms with Gasteiger partial charge in [0.1, 0.15) is 0 Å². The predicted octanol–water partition coefficient (Wildman–Crippen LogP) is 2.34. The van der Waals surface area contributed by atoms with Crippen LogP contribution in [0.25, 0.3) is 5.69 Å². The highest BCUT2D eigenvalue weighted by Crippen LogP contribution is 2.12. The Morgan fingerprint density at radius 1 is 1.07 bits per heavy atom. The highest BCUT2D eigenvalue weighted by molar-refractivity contribution is 6.30. The Labute approximate surface area is 166 Å². The number of hydrogen-bond acceptors (Lipinski definition) is 5. The van der Waals surface area contributed by atoms with Crippen LogP contribution in [-0.2, 0) is 6.54 Å². The van der Waals surface area contributed by atoms with Gasteiger partial charge in [-0.2, -0.15) is 0 Å². The first-order valence-electron chi connectivity index (χ1n) is 8.34. The highest BCUT2D eigenvalue weighted by atomic mass is 35.5. The standard InChI is InChI=1S/C18H18ClN7O2/c1-25(2)17(27)16-22-24-26(23-16)15-9-7-14(8-10-15)21-18(28)20-11-12-3-5-13(19)6-4-12/h3-10H,11H2,1-2H3,(H2,20,21,28). The molecule has 0 spiro atoms. The van der Waals surface area contributed by atoms with Gasteiger partial charge in [0, 0.05) is 31.4 Å². The smallest absolute Gasteiger partial charge is 0.319 e. The number of urea groups is 1. The summed E-state index contributed by atoms with van der Waals surface area (Å²) in [5.74, 6) is -0.323. The second kappa shape index (κ2) is 8.49. The van der Waals surface area contributed by atoms with Crippen LogP contribution in [0.1, 0.15) is 16.2 Å². The number of nitrogens with zero attached hydrogens (tertiary/aromatic N) is 5. The number of benzene rings is 2. The van der Waals surface area contributed by atoms with Gasteiger partial charge < -0.3 is 15.5 Å².